The van der Waals surface area contributed by atoms with Crippen LogP contribution in [0.25, 0.3) is 0 Å². The number of amides is 3. The van der Waals surface area contributed by atoms with Crippen LogP contribution >= 0.6 is 0 Å². The van der Waals surface area contributed by atoms with Gasteiger partial charge in [0.25, 0.3) is 0 Å². The summed E-state index contributed by atoms with van der Waals surface area (Å²) in [6.45, 7) is 4.39. The van der Waals surface area contributed by atoms with Gasteiger partial charge in [0.15, 0.2) is 0 Å². The molecule has 11 nitrogen and oxygen atoms in total. The number of hydrogen-bond acceptors (Lipinski definition) is 6. The fourth-order valence-corrected chi connectivity index (χ4v) is 4.27. The van der Waals surface area contributed by atoms with Crippen LogP contribution in [0.4, 0.5) is 0 Å². The largest absolute Gasteiger partial charge is 0.481 e. The van der Waals surface area contributed by atoms with E-state index in [1.165, 1.54) is 9.80 Å². The maximum Gasteiger partial charge on any atom is 0.326 e. The van der Waals surface area contributed by atoms with Gasteiger partial charge in [0.1, 0.15) is 18.1 Å². The molecular formula is C21H34N4O7. The average molecular weight is 455 g/mol. The van der Waals surface area contributed by atoms with Crippen molar-refractivity contribution in [3.05, 3.63) is 0 Å². The SMILES string of the molecule is CCC(C)C(N)C(=O)N1CCCC1C(=O)NC(CCC(=O)O)C(=O)N1CCCC1C(=O)O. The quantitative estimate of drug-likeness (QED) is 0.351. The van der Waals surface area contributed by atoms with Crippen molar-refractivity contribution in [3.63, 3.8) is 0 Å². The normalized spacial score (nSPS) is 23.5. The van der Waals surface area contributed by atoms with E-state index in [9.17, 15) is 29.1 Å². The number of carbonyl (C=O) groups is 5. The van der Waals surface area contributed by atoms with Crippen LogP contribution in [0.3, 0.4) is 0 Å². The van der Waals surface area contributed by atoms with Crippen LogP contribution in [-0.2, 0) is 24.0 Å². The lowest BCUT2D eigenvalue weighted by Crippen LogP contribution is -2.57. The fraction of sp³-hybridized carbons (Fsp3) is 0.762. The first-order chi connectivity index (χ1) is 15.1. The van der Waals surface area contributed by atoms with Gasteiger partial charge in [-0.05, 0) is 38.0 Å². The highest BCUT2D eigenvalue weighted by molar-refractivity contribution is 5.94. The molecule has 0 bridgehead atoms. The van der Waals surface area contributed by atoms with Crippen LogP contribution < -0.4 is 11.1 Å². The zero-order valence-corrected chi connectivity index (χ0v) is 18.7. The summed E-state index contributed by atoms with van der Waals surface area (Å²) >= 11 is 0. The molecule has 3 amide bonds. The Bertz CT molecular complexity index is 744. The zero-order valence-electron chi connectivity index (χ0n) is 18.7. The van der Waals surface area contributed by atoms with E-state index in [4.69, 9.17) is 10.8 Å². The van der Waals surface area contributed by atoms with Gasteiger partial charge in [0.05, 0.1) is 6.04 Å². The summed E-state index contributed by atoms with van der Waals surface area (Å²) in [5, 5.41) is 21.0. The number of nitrogens with one attached hydrogen (secondary N) is 1. The van der Waals surface area contributed by atoms with Crippen LogP contribution in [0, 0.1) is 5.92 Å². The summed E-state index contributed by atoms with van der Waals surface area (Å²) in [5.74, 6) is -3.81. The molecule has 0 aromatic rings. The molecule has 2 saturated heterocycles. The van der Waals surface area contributed by atoms with Gasteiger partial charge in [-0.3, -0.25) is 19.2 Å². The second-order valence-corrected chi connectivity index (χ2v) is 8.62. The molecule has 0 radical (unpaired) electrons. The van der Waals surface area contributed by atoms with Gasteiger partial charge < -0.3 is 31.1 Å². The first-order valence-electron chi connectivity index (χ1n) is 11.2. The number of carboxylic acid groups (broad SMARTS) is 2. The lowest BCUT2D eigenvalue weighted by molar-refractivity contribution is -0.150. The number of carbonyl (C=O) groups excluding carboxylic acids is 3. The van der Waals surface area contributed by atoms with E-state index < -0.39 is 47.9 Å². The molecule has 11 heteroatoms. The predicted octanol–water partition coefficient (Wildman–Crippen LogP) is -0.224. The minimum atomic E-state index is -1.18. The molecular weight excluding hydrogens is 420 g/mol. The second kappa shape index (κ2) is 11.3. The summed E-state index contributed by atoms with van der Waals surface area (Å²) in [7, 11) is 0. The van der Waals surface area contributed by atoms with Crippen molar-refractivity contribution in [1.82, 2.24) is 15.1 Å². The van der Waals surface area contributed by atoms with Crippen LogP contribution in [-0.4, -0.2) is 86.9 Å². The highest BCUT2D eigenvalue weighted by Gasteiger charge is 2.41. The summed E-state index contributed by atoms with van der Waals surface area (Å²) in [6, 6.07) is -3.71. The molecule has 2 fully saturated rings. The number of carboxylic acids is 2. The van der Waals surface area contributed by atoms with Gasteiger partial charge in [-0.1, -0.05) is 20.3 Å². The second-order valence-electron chi connectivity index (χ2n) is 8.62. The number of nitrogens with zero attached hydrogens (tertiary/aromatic N) is 2. The van der Waals surface area contributed by atoms with Crippen molar-refractivity contribution in [2.75, 3.05) is 13.1 Å². The lowest BCUT2D eigenvalue weighted by atomic mass is 9.98. The van der Waals surface area contributed by atoms with E-state index in [1.807, 2.05) is 13.8 Å². The molecule has 2 aliphatic heterocycles. The van der Waals surface area contributed by atoms with Gasteiger partial charge in [-0.2, -0.15) is 0 Å². The number of likely N-dealkylation sites (tertiary alicyclic amines) is 2. The molecule has 5 N–H and O–H groups in total. The molecule has 0 aliphatic carbocycles. The first kappa shape index (κ1) is 25.6. The third-order valence-electron chi connectivity index (χ3n) is 6.46. The minimum Gasteiger partial charge on any atom is -0.481 e. The van der Waals surface area contributed by atoms with Gasteiger partial charge in [0, 0.05) is 19.5 Å². The van der Waals surface area contributed by atoms with E-state index in [1.54, 1.807) is 0 Å². The van der Waals surface area contributed by atoms with E-state index in [0.717, 1.165) is 0 Å². The Balaban J connectivity index is 2.14. The molecule has 32 heavy (non-hydrogen) atoms. The van der Waals surface area contributed by atoms with Gasteiger partial charge in [-0.15, -0.1) is 0 Å². The molecule has 5 unspecified atom stereocenters. The number of nitrogens with two attached hydrogens (primary N) is 1. The molecule has 0 saturated carbocycles. The molecule has 2 heterocycles. The maximum absolute atomic E-state index is 13.0. The smallest absolute Gasteiger partial charge is 0.326 e. The number of hydrogen-bond donors (Lipinski definition) is 4. The van der Waals surface area contributed by atoms with Crippen LogP contribution in [0.5, 0.6) is 0 Å². The van der Waals surface area contributed by atoms with E-state index >= 15 is 0 Å². The molecule has 2 aliphatic rings. The summed E-state index contributed by atoms with van der Waals surface area (Å²) in [4.78, 5) is 64.0. The Hall–Kier alpha value is -2.69. The Morgan fingerprint density at radius 1 is 1.00 bits per heavy atom. The van der Waals surface area contributed by atoms with Gasteiger partial charge in [0.2, 0.25) is 17.7 Å². The summed E-state index contributed by atoms with van der Waals surface area (Å²) in [5.41, 5.74) is 6.07. The van der Waals surface area contributed by atoms with E-state index in [2.05, 4.69) is 5.32 Å². The van der Waals surface area contributed by atoms with Crippen LogP contribution in [0.1, 0.15) is 58.8 Å². The van der Waals surface area contributed by atoms with Gasteiger partial charge in [-0.25, -0.2) is 4.79 Å². The zero-order chi connectivity index (χ0) is 24.0. The highest BCUT2D eigenvalue weighted by atomic mass is 16.4. The standard InChI is InChI=1S/C21H34N4O7/c1-3-12(2)17(22)20(30)24-10-4-6-14(24)18(28)23-13(8-9-16(26)27)19(29)25-11-5-7-15(25)21(31)32/h12-15,17H,3-11,22H2,1-2H3,(H,23,28)(H,26,27)(H,31,32). The van der Waals surface area contributed by atoms with Crippen molar-refractivity contribution < 1.29 is 34.2 Å². The number of rotatable bonds is 10. The summed E-state index contributed by atoms with van der Waals surface area (Å²) in [6.07, 6.45) is 2.01. The molecule has 0 aromatic heterocycles. The third kappa shape index (κ3) is 5.96. The molecule has 2 rings (SSSR count). The Kier molecular flexibility index (Phi) is 8.99. The van der Waals surface area contributed by atoms with E-state index in [-0.39, 0.29) is 31.2 Å². The highest BCUT2D eigenvalue weighted by Crippen LogP contribution is 2.22. The Morgan fingerprint density at radius 3 is 2.09 bits per heavy atom. The Morgan fingerprint density at radius 2 is 1.56 bits per heavy atom. The van der Waals surface area contributed by atoms with Crippen molar-refractivity contribution >= 4 is 29.7 Å². The van der Waals surface area contributed by atoms with Crippen molar-refractivity contribution in [2.45, 2.75) is 83.0 Å². The molecule has 180 valence electrons. The minimum absolute atomic E-state index is 0.0557. The fourth-order valence-electron chi connectivity index (χ4n) is 4.27. The average Bonchev–Trinajstić information content (AvgIpc) is 3.44. The Labute approximate surface area is 187 Å². The number of aliphatic carboxylic acids is 2. The predicted molar refractivity (Wildman–Crippen MR) is 113 cm³/mol. The van der Waals surface area contributed by atoms with Crippen LogP contribution in [0.15, 0.2) is 0 Å². The first-order valence-corrected chi connectivity index (χ1v) is 11.2. The van der Waals surface area contributed by atoms with Gasteiger partial charge >= 0.3 is 11.9 Å². The van der Waals surface area contributed by atoms with Crippen molar-refractivity contribution in [2.24, 2.45) is 11.7 Å². The molecule has 5 atom stereocenters. The monoisotopic (exact) mass is 454 g/mol. The molecule has 0 spiro atoms. The van der Waals surface area contributed by atoms with E-state index in [0.29, 0.717) is 38.6 Å². The maximum atomic E-state index is 13.0. The molecule has 0 aromatic carbocycles. The van der Waals surface area contributed by atoms with Crippen molar-refractivity contribution in [1.29, 1.82) is 0 Å². The van der Waals surface area contributed by atoms with Crippen molar-refractivity contribution in [3.8, 4) is 0 Å². The van der Waals surface area contributed by atoms with Crippen LogP contribution in [0.2, 0.25) is 0 Å². The third-order valence-corrected chi connectivity index (χ3v) is 6.46. The lowest BCUT2D eigenvalue weighted by Gasteiger charge is -2.31. The summed E-state index contributed by atoms with van der Waals surface area (Å²) < 4.78 is 0. The topological polar surface area (TPSA) is 170 Å².